The predicted molar refractivity (Wildman–Crippen MR) is 66.8 cm³/mol. The third-order valence-electron chi connectivity index (χ3n) is 3.15. The van der Waals surface area contributed by atoms with Crippen molar-refractivity contribution in [3.05, 3.63) is 16.6 Å². The van der Waals surface area contributed by atoms with Crippen LogP contribution < -0.4 is 0 Å². The zero-order valence-corrected chi connectivity index (χ0v) is 11.1. The molecular formula is C12H18N2O2S. The first-order valence-electron chi connectivity index (χ1n) is 5.88. The average Bonchev–Trinajstić information content (AvgIpc) is 2.81. The van der Waals surface area contributed by atoms with E-state index in [4.69, 9.17) is 4.74 Å². The van der Waals surface area contributed by atoms with E-state index in [0.717, 1.165) is 25.0 Å². The van der Waals surface area contributed by atoms with E-state index < -0.39 is 5.60 Å². The van der Waals surface area contributed by atoms with E-state index in [1.807, 2.05) is 19.4 Å². The Morgan fingerprint density at radius 2 is 2.47 bits per heavy atom. The number of aromatic nitrogens is 1. The van der Waals surface area contributed by atoms with Gasteiger partial charge >= 0.3 is 0 Å². The molecule has 2 rings (SSSR count). The van der Waals surface area contributed by atoms with Gasteiger partial charge in [0.1, 0.15) is 5.60 Å². The van der Waals surface area contributed by atoms with E-state index >= 15 is 0 Å². The van der Waals surface area contributed by atoms with Crippen molar-refractivity contribution in [2.45, 2.75) is 38.3 Å². The van der Waals surface area contributed by atoms with Crippen molar-refractivity contribution in [2.24, 2.45) is 0 Å². The quantitative estimate of drug-likeness (QED) is 0.829. The summed E-state index contributed by atoms with van der Waals surface area (Å²) in [7, 11) is 1.81. The Morgan fingerprint density at radius 1 is 1.65 bits per heavy atom. The Balaban J connectivity index is 1.98. The highest BCUT2D eigenvalue weighted by Crippen LogP contribution is 2.26. The molecule has 0 spiro atoms. The molecule has 1 aromatic heterocycles. The lowest BCUT2D eigenvalue weighted by Crippen LogP contribution is -2.48. The highest BCUT2D eigenvalue weighted by molar-refractivity contribution is 7.07. The van der Waals surface area contributed by atoms with Gasteiger partial charge in [-0.25, -0.2) is 4.98 Å². The normalized spacial score (nSPS) is 24.6. The standard InChI is InChI=1S/C12H18N2O2S/c1-12(5-3-4-6-16-12)11(15)14(2)7-10-8-17-9-13-10/h8-9H,3-7H2,1-2H3/t12-/m0/s1. The molecule has 17 heavy (non-hydrogen) atoms. The first-order valence-corrected chi connectivity index (χ1v) is 6.83. The highest BCUT2D eigenvalue weighted by Gasteiger charge is 2.38. The summed E-state index contributed by atoms with van der Waals surface area (Å²) in [6.07, 6.45) is 2.93. The van der Waals surface area contributed by atoms with Crippen molar-refractivity contribution >= 4 is 17.2 Å². The number of hydrogen-bond donors (Lipinski definition) is 0. The van der Waals surface area contributed by atoms with E-state index in [1.54, 1.807) is 21.7 Å². The lowest BCUT2D eigenvalue weighted by atomic mass is 9.94. The molecule has 2 heterocycles. The number of hydrogen-bond acceptors (Lipinski definition) is 4. The molecule has 0 radical (unpaired) electrons. The Morgan fingerprint density at radius 3 is 3.06 bits per heavy atom. The van der Waals surface area contributed by atoms with Crippen LogP contribution in [0.3, 0.4) is 0 Å². The Bertz CT molecular complexity index is 372. The van der Waals surface area contributed by atoms with E-state index in [-0.39, 0.29) is 5.91 Å². The summed E-state index contributed by atoms with van der Waals surface area (Å²) in [5, 5.41) is 1.97. The van der Waals surface area contributed by atoms with Gasteiger partial charge in [0.2, 0.25) is 0 Å². The second kappa shape index (κ2) is 5.14. The molecule has 94 valence electrons. The SMILES string of the molecule is CN(Cc1cscn1)C(=O)[C@]1(C)CCCCO1. The van der Waals surface area contributed by atoms with Gasteiger partial charge in [0, 0.05) is 19.0 Å². The summed E-state index contributed by atoms with van der Waals surface area (Å²) >= 11 is 1.55. The van der Waals surface area contributed by atoms with Crippen LogP contribution in [-0.2, 0) is 16.1 Å². The molecule has 0 aromatic carbocycles. The van der Waals surface area contributed by atoms with Crippen LogP contribution in [0.2, 0.25) is 0 Å². The van der Waals surface area contributed by atoms with E-state index in [2.05, 4.69) is 4.98 Å². The number of rotatable bonds is 3. The molecule has 1 saturated heterocycles. The largest absolute Gasteiger partial charge is 0.365 e. The van der Waals surface area contributed by atoms with Gasteiger partial charge in [-0.05, 0) is 26.2 Å². The Hall–Kier alpha value is -0.940. The van der Waals surface area contributed by atoms with E-state index in [9.17, 15) is 4.79 Å². The summed E-state index contributed by atoms with van der Waals surface area (Å²) < 4.78 is 5.66. The molecule has 0 bridgehead atoms. The first-order chi connectivity index (χ1) is 8.12. The second-order valence-electron chi connectivity index (χ2n) is 4.68. The van der Waals surface area contributed by atoms with Crippen molar-refractivity contribution in [1.29, 1.82) is 0 Å². The highest BCUT2D eigenvalue weighted by atomic mass is 32.1. The minimum absolute atomic E-state index is 0.0604. The van der Waals surface area contributed by atoms with Crippen LogP contribution >= 0.6 is 11.3 Å². The van der Waals surface area contributed by atoms with Crippen molar-refractivity contribution < 1.29 is 9.53 Å². The molecule has 0 N–H and O–H groups in total. The molecule has 1 atom stereocenters. The molecule has 5 heteroatoms. The number of thiazole rings is 1. The molecule has 0 saturated carbocycles. The lowest BCUT2D eigenvalue weighted by molar-refractivity contribution is -0.161. The Kier molecular flexibility index (Phi) is 3.79. The molecule has 1 fully saturated rings. The van der Waals surface area contributed by atoms with Gasteiger partial charge in [0.15, 0.2) is 0 Å². The van der Waals surface area contributed by atoms with E-state index in [0.29, 0.717) is 13.2 Å². The third-order valence-corrected chi connectivity index (χ3v) is 3.79. The Labute approximate surface area is 106 Å². The van der Waals surface area contributed by atoms with Crippen molar-refractivity contribution in [3.63, 3.8) is 0 Å². The maximum absolute atomic E-state index is 12.3. The number of nitrogens with zero attached hydrogens (tertiary/aromatic N) is 2. The van der Waals surface area contributed by atoms with Gasteiger partial charge in [0.25, 0.3) is 5.91 Å². The zero-order chi connectivity index (χ0) is 12.3. The van der Waals surface area contributed by atoms with E-state index in [1.165, 1.54) is 0 Å². The third kappa shape index (κ3) is 2.84. The summed E-state index contributed by atoms with van der Waals surface area (Å²) in [6, 6.07) is 0. The second-order valence-corrected chi connectivity index (χ2v) is 5.40. The fourth-order valence-corrected chi connectivity index (χ4v) is 2.69. The monoisotopic (exact) mass is 254 g/mol. The lowest BCUT2D eigenvalue weighted by Gasteiger charge is -2.35. The minimum Gasteiger partial charge on any atom is -0.365 e. The molecule has 1 aliphatic heterocycles. The average molecular weight is 254 g/mol. The van der Waals surface area contributed by atoms with Crippen LogP contribution in [0, 0.1) is 0 Å². The van der Waals surface area contributed by atoms with Crippen molar-refractivity contribution in [1.82, 2.24) is 9.88 Å². The number of likely N-dealkylation sites (N-methyl/N-ethyl adjacent to an activating group) is 1. The van der Waals surface area contributed by atoms with Gasteiger partial charge in [-0.2, -0.15) is 0 Å². The van der Waals surface area contributed by atoms with Crippen LogP contribution in [0.4, 0.5) is 0 Å². The van der Waals surface area contributed by atoms with Crippen LogP contribution in [0.25, 0.3) is 0 Å². The predicted octanol–water partition coefficient (Wildman–Crippen LogP) is 2.06. The zero-order valence-electron chi connectivity index (χ0n) is 10.3. The van der Waals surface area contributed by atoms with Crippen molar-refractivity contribution in [3.8, 4) is 0 Å². The van der Waals surface area contributed by atoms with Gasteiger partial charge in [-0.1, -0.05) is 0 Å². The smallest absolute Gasteiger partial charge is 0.254 e. The molecule has 1 amide bonds. The molecule has 0 unspecified atom stereocenters. The molecule has 0 aliphatic carbocycles. The van der Waals surface area contributed by atoms with Crippen LogP contribution in [-0.4, -0.2) is 35.0 Å². The number of ether oxygens (including phenoxy) is 1. The summed E-state index contributed by atoms with van der Waals surface area (Å²) in [4.78, 5) is 18.2. The molecule has 4 nitrogen and oxygen atoms in total. The maximum atomic E-state index is 12.3. The minimum atomic E-state index is -0.636. The molecular weight excluding hydrogens is 236 g/mol. The number of carbonyl (C=O) groups excluding carboxylic acids is 1. The maximum Gasteiger partial charge on any atom is 0.254 e. The van der Waals surface area contributed by atoms with Gasteiger partial charge in [0.05, 0.1) is 17.7 Å². The number of carbonyl (C=O) groups is 1. The molecule has 1 aromatic rings. The van der Waals surface area contributed by atoms with Crippen molar-refractivity contribution in [2.75, 3.05) is 13.7 Å². The topological polar surface area (TPSA) is 42.4 Å². The van der Waals surface area contributed by atoms with Gasteiger partial charge < -0.3 is 9.64 Å². The van der Waals surface area contributed by atoms with Crippen LogP contribution in [0.15, 0.2) is 10.9 Å². The van der Waals surface area contributed by atoms with Crippen LogP contribution in [0.1, 0.15) is 31.9 Å². The van der Waals surface area contributed by atoms with Gasteiger partial charge in [-0.3, -0.25) is 4.79 Å². The fourth-order valence-electron chi connectivity index (χ4n) is 2.14. The summed E-state index contributed by atoms with van der Waals surface area (Å²) in [5.74, 6) is 0.0604. The van der Waals surface area contributed by atoms with Crippen LogP contribution in [0.5, 0.6) is 0 Å². The molecule has 1 aliphatic rings. The number of amides is 1. The summed E-state index contributed by atoms with van der Waals surface area (Å²) in [6.45, 7) is 3.14. The summed E-state index contributed by atoms with van der Waals surface area (Å²) in [5.41, 5.74) is 2.08. The first kappa shape index (κ1) is 12.5. The fraction of sp³-hybridized carbons (Fsp3) is 0.667. The van der Waals surface area contributed by atoms with Gasteiger partial charge in [-0.15, -0.1) is 11.3 Å².